The number of amides is 1. The van der Waals surface area contributed by atoms with E-state index in [0.717, 1.165) is 5.56 Å². The Labute approximate surface area is 188 Å². The van der Waals surface area contributed by atoms with Crippen molar-refractivity contribution in [3.8, 4) is 0 Å². The molecule has 0 radical (unpaired) electrons. The van der Waals surface area contributed by atoms with Crippen molar-refractivity contribution in [1.82, 2.24) is 14.5 Å². The molecule has 3 aromatic rings. The van der Waals surface area contributed by atoms with Crippen LogP contribution >= 0.6 is 0 Å². The summed E-state index contributed by atoms with van der Waals surface area (Å²) in [6.07, 6.45) is 1.52. The van der Waals surface area contributed by atoms with E-state index < -0.39 is 15.7 Å². The van der Waals surface area contributed by atoms with Crippen molar-refractivity contribution >= 4 is 15.7 Å². The smallest absolute Gasteiger partial charge is 0.254 e. The number of benzene rings is 2. The molecule has 6 nitrogen and oxygen atoms in total. The van der Waals surface area contributed by atoms with E-state index in [-0.39, 0.29) is 29.4 Å². The minimum absolute atomic E-state index is 0.0503. The lowest BCUT2D eigenvalue weighted by Gasteiger charge is -2.23. The molecule has 0 spiro atoms. The molecule has 0 aliphatic rings. The predicted molar refractivity (Wildman–Crippen MR) is 121 cm³/mol. The second kappa shape index (κ2) is 9.65. The fourth-order valence-electron chi connectivity index (χ4n) is 3.54. The minimum Gasteiger partial charge on any atom is -0.333 e. The predicted octanol–water partition coefficient (Wildman–Crippen LogP) is 4.55. The Morgan fingerprint density at radius 1 is 1.09 bits per heavy atom. The third-order valence-electron chi connectivity index (χ3n) is 5.22. The Kier molecular flexibility index (Phi) is 7.13. The third kappa shape index (κ3) is 5.24. The van der Waals surface area contributed by atoms with Gasteiger partial charge in [-0.05, 0) is 57.5 Å². The van der Waals surface area contributed by atoms with Gasteiger partial charge in [0.05, 0.1) is 24.2 Å². The first-order valence-corrected chi connectivity index (χ1v) is 12.2. The van der Waals surface area contributed by atoms with Crippen LogP contribution in [0.1, 0.15) is 54.0 Å². The number of aryl methyl sites for hydroxylation is 1. The Bertz CT molecular complexity index is 1180. The summed E-state index contributed by atoms with van der Waals surface area (Å²) >= 11 is 0. The third-order valence-corrected chi connectivity index (χ3v) is 6.80. The fourth-order valence-corrected chi connectivity index (χ4v) is 5.14. The number of sulfone groups is 1. The van der Waals surface area contributed by atoms with Crippen molar-refractivity contribution in [2.24, 2.45) is 0 Å². The summed E-state index contributed by atoms with van der Waals surface area (Å²) in [6.45, 7) is 8.30. The van der Waals surface area contributed by atoms with Gasteiger partial charge in [-0.1, -0.05) is 29.8 Å². The van der Waals surface area contributed by atoms with E-state index in [4.69, 9.17) is 0 Å². The molecule has 0 bridgehead atoms. The number of halogens is 1. The van der Waals surface area contributed by atoms with Crippen LogP contribution in [0.2, 0.25) is 0 Å². The molecular formula is C24H28FN3O3S. The number of rotatable bonds is 8. The van der Waals surface area contributed by atoms with Gasteiger partial charge in [0.2, 0.25) is 15.0 Å². The summed E-state index contributed by atoms with van der Waals surface area (Å²) in [5.74, 6) is -0.828. The largest absolute Gasteiger partial charge is 0.333 e. The first kappa shape index (κ1) is 23.7. The molecule has 8 heteroatoms. The molecule has 0 saturated heterocycles. The Morgan fingerprint density at radius 2 is 1.72 bits per heavy atom. The summed E-state index contributed by atoms with van der Waals surface area (Å²) in [5.41, 5.74) is 2.77. The van der Waals surface area contributed by atoms with Crippen LogP contribution in [0.15, 0.2) is 59.9 Å². The highest BCUT2D eigenvalue weighted by molar-refractivity contribution is 7.90. The molecular weight excluding hydrogens is 429 g/mol. The second-order valence-corrected chi connectivity index (χ2v) is 9.95. The van der Waals surface area contributed by atoms with Crippen LogP contribution in [0.3, 0.4) is 0 Å². The first-order chi connectivity index (χ1) is 15.1. The van der Waals surface area contributed by atoms with E-state index in [2.05, 4.69) is 4.98 Å². The van der Waals surface area contributed by atoms with Crippen LogP contribution in [-0.4, -0.2) is 35.3 Å². The van der Waals surface area contributed by atoms with E-state index in [0.29, 0.717) is 23.4 Å². The van der Waals surface area contributed by atoms with E-state index in [9.17, 15) is 17.6 Å². The first-order valence-electron chi connectivity index (χ1n) is 10.5. The lowest BCUT2D eigenvalue weighted by molar-refractivity contribution is 0.0748. The molecule has 0 atom stereocenters. The standard InChI is InChI=1S/C24H28FN3O3S/c1-5-27(23(29)20-10-6-18(4)7-11-20)15-22-14-26-24(28(22)17(2)3)32(30,31)16-19-8-12-21(25)13-9-19/h6-14,17H,5,15-16H2,1-4H3. The van der Waals surface area contributed by atoms with Crippen molar-refractivity contribution in [3.63, 3.8) is 0 Å². The zero-order chi connectivity index (χ0) is 23.5. The number of hydrogen-bond acceptors (Lipinski definition) is 4. The lowest BCUT2D eigenvalue weighted by atomic mass is 10.1. The van der Waals surface area contributed by atoms with E-state index in [1.165, 1.54) is 30.5 Å². The maximum atomic E-state index is 13.2. The number of nitrogens with zero attached hydrogens (tertiary/aromatic N) is 3. The van der Waals surface area contributed by atoms with Crippen molar-refractivity contribution in [3.05, 3.63) is 82.9 Å². The van der Waals surface area contributed by atoms with Crippen LogP contribution in [0.4, 0.5) is 4.39 Å². The van der Waals surface area contributed by atoms with Crippen LogP contribution in [0.5, 0.6) is 0 Å². The van der Waals surface area contributed by atoms with E-state index in [1.807, 2.05) is 39.8 Å². The molecule has 32 heavy (non-hydrogen) atoms. The van der Waals surface area contributed by atoms with Crippen molar-refractivity contribution in [2.45, 2.75) is 51.2 Å². The Balaban J connectivity index is 1.90. The number of imidazole rings is 1. The van der Waals surface area contributed by atoms with Gasteiger partial charge in [-0.3, -0.25) is 4.79 Å². The van der Waals surface area contributed by atoms with E-state index >= 15 is 0 Å². The van der Waals surface area contributed by atoms with Gasteiger partial charge < -0.3 is 9.47 Å². The number of carbonyl (C=O) groups is 1. The van der Waals surface area contributed by atoms with Gasteiger partial charge >= 0.3 is 0 Å². The van der Waals surface area contributed by atoms with Gasteiger partial charge in [0.25, 0.3) is 5.91 Å². The van der Waals surface area contributed by atoms with Crippen LogP contribution in [-0.2, 0) is 22.1 Å². The van der Waals surface area contributed by atoms with Gasteiger partial charge in [-0.2, -0.15) is 0 Å². The quantitative estimate of drug-likeness (QED) is 0.498. The highest BCUT2D eigenvalue weighted by Gasteiger charge is 2.27. The summed E-state index contributed by atoms with van der Waals surface area (Å²) in [4.78, 5) is 18.9. The summed E-state index contributed by atoms with van der Waals surface area (Å²) < 4.78 is 41.1. The molecule has 0 saturated carbocycles. The average Bonchev–Trinajstić information content (AvgIpc) is 3.18. The lowest BCUT2D eigenvalue weighted by Crippen LogP contribution is -2.31. The molecule has 1 aromatic heterocycles. The highest BCUT2D eigenvalue weighted by Crippen LogP contribution is 2.23. The van der Waals surface area contributed by atoms with Gasteiger partial charge in [0.1, 0.15) is 5.82 Å². The number of aromatic nitrogens is 2. The molecule has 1 heterocycles. The molecule has 0 fully saturated rings. The fraction of sp³-hybridized carbons (Fsp3) is 0.333. The molecule has 0 N–H and O–H groups in total. The van der Waals surface area contributed by atoms with Gasteiger partial charge in [0.15, 0.2) is 0 Å². The summed E-state index contributed by atoms with van der Waals surface area (Å²) in [6, 6.07) is 12.6. The molecule has 0 aliphatic heterocycles. The van der Waals surface area contributed by atoms with Crippen molar-refractivity contribution in [1.29, 1.82) is 0 Å². The van der Waals surface area contributed by atoms with Gasteiger partial charge in [0, 0.05) is 18.2 Å². The molecule has 2 aromatic carbocycles. The molecule has 0 unspecified atom stereocenters. The molecule has 1 amide bonds. The van der Waals surface area contributed by atoms with Crippen LogP contribution in [0, 0.1) is 12.7 Å². The molecule has 3 rings (SSSR count). The minimum atomic E-state index is -3.77. The van der Waals surface area contributed by atoms with Gasteiger partial charge in [-0.25, -0.2) is 17.8 Å². The highest BCUT2D eigenvalue weighted by atomic mass is 32.2. The second-order valence-electron chi connectivity index (χ2n) is 8.07. The average molecular weight is 458 g/mol. The zero-order valence-electron chi connectivity index (χ0n) is 18.7. The number of carbonyl (C=O) groups excluding carboxylic acids is 1. The van der Waals surface area contributed by atoms with E-state index in [1.54, 1.807) is 21.6 Å². The number of hydrogen-bond donors (Lipinski definition) is 0. The maximum Gasteiger partial charge on any atom is 0.254 e. The zero-order valence-corrected chi connectivity index (χ0v) is 19.6. The summed E-state index contributed by atoms with van der Waals surface area (Å²) in [7, 11) is -3.77. The topological polar surface area (TPSA) is 72.3 Å². The van der Waals surface area contributed by atoms with Crippen LogP contribution < -0.4 is 0 Å². The van der Waals surface area contributed by atoms with Crippen molar-refractivity contribution in [2.75, 3.05) is 6.54 Å². The maximum absolute atomic E-state index is 13.2. The Hall–Kier alpha value is -3.00. The Morgan fingerprint density at radius 3 is 2.28 bits per heavy atom. The summed E-state index contributed by atoms with van der Waals surface area (Å²) in [5, 5.41) is -0.0503. The molecule has 170 valence electrons. The monoisotopic (exact) mass is 457 g/mol. The van der Waals surface area contributed by atoms with Crippen molar-refractivity contribution < 1.29 is 17.6 Å². The SMILES string of the molecule is CCN(Cc1cnc(S(=O)(=O)Cc2ccc(F)cc2)n1C(C)C)C(=O)c1ccc(C)cc1. The van der Waals surface area contributed by atoms with Crippen LogP contribution in [0.25, 0.3) is 0 Å². The van der Waals surface area contributed by atoms with Gasteiger partial charge in [-0.15, -0.1) is 0 Å². The molecule has 0 aliphatic carbocycles. The normalized spacial score (nSPS) is 11.7.